The zero-order chi connectivity index (χ0) is 13.1. The van der Waals surface area contributed by atoms with Crippen molar-refractivity contribution in [2.75, 3.05) is 26.8 Å². The molecule has 2 N–H and O–H groups in total. The van der Waals surface area contributed by atoms with Crippen LogP contribution in [0.1, 0.15) is 11.1 Å². The van der Waals surface area contributed by atoms with Crippen molar-refractivity contribution in [2.24, 2.45) is 0 Å². The molecule has 0 fully saturated rings. The Morgan fingerprint density at radius 1 is 1.44 bits per heavy atom. The van der Waals surface area contributed by atoms with E-state index < -0.39 is 6.10 Å². The van der Waals surface area contributed by atoms with Gasteiger partial charge in [-0.1, -0.05) is 15.9 Å². The Hall–Kier alpha value is -0.620. The van der Waals surface area contributed by atoms with Gasteiger partial charge in [-0.2, -0.15) is 0 Å². The Balaban J connectivity index is 2.19. The number of methoxy groups -OCH3 is 1. The van der Waals surface area contributed by atoms with Crippen LogP contribution in [0.3, 0.4) is 0 Å². The van der Waals surface area contributed by atoms with Gasteiger partial charge in [-0.05, 0) is 24.1 Å². The van der Waals surface area contributed by atoms with Crippen LogP contribution < -0.4 is 4.74 Å². The Bertz CT molecular complexity index is 425. The number of rotatable bonds is 4. The monoisotopic (exact) mass is 315 g/mol. The van der Waals surface area contributed by atoms with Gasteiger partial charge in [-0.3, -0.25) is 4.90 Å². The first-order valence-electron chi connectivity index (χ1n) is 6.01. The largest absolute Gasteiger partial charge is 0.496 e. The van der Waals surface area contributed by atoms with Crippen LogP contribution in [0.2, 0.25) is 0 Å². The van der Waals surface area contributed by atoms with Gasteiger partial charge in [0, 0.05) is 29.7 Å². The van der Waals surface area contributed by atoms with Gasteiger partial charge in [0.15, 0.2) is 0 Å². The fraction of sp³-hybridized carbons (Fsp3) is 0.538. The third-order valence-electron chi connectivity index (χ3n) is 3.29. The molecular formula is C13H18BrNO3. The smallest absolute Gasteiger partial charge is 0.123 e. The van der Waals surface area contributed by atoms with E-state index in [4.69, 9.17) is 9.84 Å². The Morgan fingerprint density at radius 2 is 2.22 bits per heavy atom. The quantitative estimate of drug-likeness (QED) is 0.876. The van der Waals surface area contributed by atoms with E-state index in [1.807, 2.05) is 12.1 Å². The highest BCUT2D eigenvalue weighted by atomic mass is 79.9. The Morgan fingerprint density at radius 3 is 2.89 bits per heavy atom. The second-order valence-electron chi connectivity index (χ2n) is 4.53. The van der Waals surface area contributed by atoms with Crippen molar-refractivity contribution in [3.63, 3.8) is 0 Å². The number of benzene rings is 1. The van der Waals surface area contributed by atoms with Crippen LogP contribution in [0.5, 0.6) is 5.75 Å². The number of nitrogens with zero attached hydrogens (tertiary/aromatic N) is 1. The molecule has 4 nitrogen and oxygen atoms in total. The molecule has 2 rings (SSSR count). The Kier molecular flexibility index (Phi) is 4.61. The molecule has 0 spiro atoms. The number of ether oxygens (including phenoxy) is 1. The van der Waals surface area contributed by atoms with Crippen molar-refractivity contribution in [2.45, 2.75) is 19.1 Å². The lowest BCUT2D eigenvalue weighted by Crippen LogP contribution is -2.38. The summed E-state index contributed by atoms with van der Waals surface area (Å²) in [7, 11) is 1.67. The summed E-state index contributed by atoms with van der Waals surface area (Å²) >= 11 is 3.57. The normalized spacial score (nSPS) is 17.3. The van der Waals surface area contributed by atoms with E-state index >= 15 is 0 Å². The number of aliphatic hydroxyl groups excluding tert-OH is 2. The van der Waals surface area contributed by atoms with Crippen LogP contribution >= 0.6 is 15.9 Å². The van der Waals surface area contributed by atoms with E-state index in [1.165, 1.54) is 11.1 Å². The van der Waals surface area contributed by atoms with Crippen LogP contribution in [-0.4, -0.2) is 48.0 Å². The van der Waals surface area contributed by atoms with Crippen molar-refractivity contribution in [3.8, 4) is 5.75 Å². The number of β-amino-alcohol motifs (C(OH)–C–C–N with tert-alkyl or cyclic N) is 1. The van der Waals surface area contributed by atoms with E-state index in [1.54, 1.807) is 7.11 Å². The summed E-state index contributed by atoms with van der Waals surface area (Å²) in [5.74, 6) is 0.886. The average molecular weight is 316 g/mol. The number of aliphatic hydroxyl groups is 2. The predicted molar refractivity (Wildman–Crippen MR) is 72.8 cm³/mol. The van der Waals surface area contributed by atoms with Gasteiger partial charge in [-0.15, -0.1) is 0 Å². The summed E-state index contributed by atoms with van der Waals surface area (Å²) in [5, 5.41) is 18.4. The minimum atomic E-state index is -0.676. The second kappa shape index (κ2) is 6.02. The summed E-state index contributed by atoms with van der Waals surface area (Å²) < 4.78 is 6.50. The lowest BCUT2D eigenvalue weighted by Gasteiger charge is -2.31. The molecule has 0 amide bonds. The molecule has 18 heavy (non-hydrogen) atoms. The second-order valence-corrected chi connectivity index (χ2v) is 5.38. The SMILES string of the molecule is COc1ccc(Br)c2c1CN(CC(O)CO)CC2. The Labute approximate surface area is 115 Å². The zero-order valence-electron chi connectivity index (χ0n) is 10.4. The topological polar surface area (TPSA) is 52.9 Å². The predicted octanol–water partition coefficient (Wildman–Crippen LogP) is 1.17. The lowest BCUT2D eigenvalue weighted by molar-refractivity contribution is 0.0547. The fourth-order valence-corrected chi connectivity index (χ4v) is 2.93. The molecule has 1 atom stereocenters. The van der Waals surface area contributed by atoms with E-state index in [2.05, 4.69) is 20.8 Å². The highest BCUT2D eigenvalue weighted by molar-refractivity contribution is 9.10. The molecule has 0 saturated heterocycles. The number of halogens is 1. The third-order valence-corrected chi connectivity index (χ3v) is 4.03. The van der Waals surface area contributed by atoms with Gasteiger partial charge in [0.05, 0.1) is 19.8 Å². The van der Waals surface area contributed by atoms with Gasteiger partial charge < -0.3 is 14.9 Å². The molecule has 0 bridgehead atoms. The highest BCUT2D eigenvalue weighted by Gasteiger charge is 2.22. The van der Waals surface area contributed by atoms with Crippen molar-refractivity contribution in [3.05, 3.63) is 27.7 Å². The van der Waals surface area contributed by atoms with Gasteiger partial charge in [0.1, 0.15) is 5.75 Å². The molecule has 0 radical (unpaired) electrons. The molecule has 1 aromatic carbocycles. The van der Waals surface area contributed by atoms with Crippen molar-refractivity contribution >= 4 is 15.9 Å². The number of fused-ring (bicyclic) bond motifs is 1. The van der Waals surface area contributed by atoms with Crippen molar-refractivity contribution in [1.82, 2.24) is 4.90 Å². The van der Waals surface area contributed by atoms with Crippen LogP contribution in [-0.2, 0) is 13.0 Å². The summed E-state index contributed by atoms with van der Waals surface area (Å²) in [4.78, 5) is 2.14. The van der Waals surface area contributed by atoms with Gasteiger partial charge >= 0.3 is 0 Å². The summed E-state index contributed by atoms with van der Waals surface area (Å²) in [6, 6.07) is 3.96. The first-order chi connectivity index (χ1) is 8.65. The van der Waals surface area contributed by atoms with Crippen molar-refractivity contribution < 1.29 is 14.9 Å². The molecular weight excluding hydrogens is 298 g/mol. The highest BCUT2D eigenvalue weighted by Crippen LogP contribution is 2.33. The van der Waals surface area contributed by atoms with Crippen LogP contribution in [0.25, 0.3) is 0 Å². The molecule has 0 aliphatic carbocycles. The number of hydrogen-bond donors (Lipinski definition) is 2. The van der Waals surface area contributed by atoms with E-state index in [-0.39, 0.29) is 6.61 Å². The molecule has 1 aromatic rings. The van der Waals surface area contributed by atoms with E-state index in [0.29, 0.717) is 6.54 Å². The van der Waals surface area contributed by atoms with Crippen molar-refractivity contribution in [1.29, 1.82) is 0 Å². The van der Waals surface area contributed by atoms with Crippen LogP contribution in [0.4, 0.5) is 0 Å². The van der Waals surface area contributed by atoms with E-state index in [0.717, 1.165) is 29.7 Å². The van der Waals surface area contributed by atoms with Crippen LogP contribution in [0, 0.1) is 0 Å². The molecule has 1 aliphatic heterocycles. The maximum absolute atomic E-state index is 9.51. The fourth-order valence-electron chi connectivity index (χ4n) is 2.36. The third kappa shape index (κ3) is 2.85. The van der Waals surface area contributed by atoms with Gasteiger partial charge in [-0.25, -0.2) is 0 Å². The minimum absolute atomic E-state index is 0.195. The first kappa shape index (κ1) is 13.8. The number of hydrogen-bond acceptors (Lipinski definition) is 4. The molecule has 100 valence electrons. The van der Waals surface area contributed by atoms with E-state index in [9.17, 15) is 5.11 Å². The van der Waals surface area contributed by atoms with Gasteiger partial charge in [0.25, 0.3) is 0 Å². The molecule has 0 saturated carbocycles. The maximum atomic E-state index is 9.51. The zero-order valence-corrected chi connectivity index (χ0v) is 12.0. The lowest BCUT2D eigenvalue weighted by atomic mass is 9.98. The summed E-state index contributed by atoms with van der Waals surface area (Å²) in [5.41, 5.74) is 2.45. The van der Waals surface area contributed by atoms with Crippen LogP contribution in [0.15, 0.2) is 16.6 Å². The standard InChI is InChI=1S/C13H18BrNO3/c1-18-13-3-2-12(14)10-4-5-15(7-11(10)13)6-9(17)8-16/h2-3,9,16-17H,4-8H2,1H3. The minimum Gasteiger partial charge on any atom is -0.496 e. The first-order valence-corrected chi connectivity index (χ1v) is 6.80. The molecule has 5 heteroatoms. The molecule has 1 aliphatic rings. The summed E-state index contributed by atoms with van der Waals surface area (Å²) in [6.45, 7) is 1.93. The average Bonchev–Trinajstić information content (AvgIpc) is 2.39. The molecule has 1 unspecified atom stereocenters. The maximum Gasteiger partial charge on any atom is 0.123 e. The molecule has 1 heterocycles. The summed E-state index contributed by atoms with van der Waals surface area (Å²) in [6.07, 6.45) is 0.246. The van der Waals surface area contributed by atoms with Gasteiger partial charge in [0.2, 0.25) is 0 Å². The molecule has 0 aromatic heterocycles.